The van der Waals surface area contributed by atoms with E-state index in [0.29, 0.717) is 0 Å². The molecule has 0 bridgehead atoms. The molecular formula is C28H22F10HfO2. The first-order chi connectivity index (χ1) is 19.3. The predicted molar refractivity (Wildman–Crippen MR) is 123 cm³/mol. The van der Waals surface area contributed by atoms with Crippen molar-refractivity contribution in [3.63, 3.8) is 0 Å². The predicted octanol–water partition coefficient (Wildman–Crippen LogP) is 8.01. The second-order valence-electron chi connectivity index (χ2n) is 8.64. The van der Waals surface area contributed by atoms with Crippen LogP contribution in [0.1, 0.15) is 52.4 Å². The maximum Gasteiger partial charge on any atom is 0.200 e. The normalized spacial score (nSPS) is 13.8. The number of hydrogen-bond donors (Lipinski definition) is 0. The van der Waals surface area contributed by atoms with E-state index in [1.165, 1.54) is 38.5 Å². The maximum atomic E-state index is 12.1. The molecule has 2 aromatic carbocycles. The summed E-state index contributed by atoms with van der Waals surface area (Å²) >= 11 is -0.683. The summed E-state index contributed by atoms with van der Waals surface area (Å²) in [5, 5.41) is 20.3. The smallest absolute Gasteiger partial charge is 0.200 e. The molecule has 2 aliphatic carbocycles. The van der Waals surface area contributed by atoms with Crippen molar-refractivity contribution in [2.24, 2.45) is 0 Å². The van der Waals surface area contributed by atoms with E-state index in [0.717, 1.165) is 0 Å². The van der Waals surface area contributed by atoms with Crippen LogP contribution in [-0.2, 0) is 22.9 Å². The van der Waals surface area contributed by atoms with E-state index in [1.54, 1.807) is 11.1 Å². The molecule has 0 aliphatic heterocycles. The number of rotatable bonds is 6. The van der Waals surface area contributed by atoms with Gasteiger partial charge < -0.3 is 10.2 Å². The monoisotopic (exact) mass is 760 g/mol. The third-order valence-electron chi connectivity index (χ3n) is 5.74. The van der Waals surface area contributed by atoms with Gasteiger partial charge in [0.25, 0.3) is 0 Å². The van der Waals surface area contributed by atoms with Gasteiger partial charge in [-0.2, -0.15) is 0 Å². The van der Waals surface area contributed by atoms with Crippen LogP contribution in [0, 0.1) is 58.2 Å². The van der Waals surface area contributed by atoms with E-state index in [9.17, 15) is 54.1 Å². The summed E-state index contributed by atoms with van der Waals surface area (Å²) in [6, 6.07) is 0. The summed E-state index contributed by atoms with van der Waals surface area (Å²) in [4.78, 5) is 0. The van der Waals surface area contributed by atoms with Gasteiger partial charge in [-0.1, -0.05) is 0 Å². The summed E-state index contributed by atoms with van der Waals surface area (Å²) in [6.07, 6.45) is 17.3. The molecule has 0 spiro atoms. The standard InChI is InChI=1S/2C8H11.2C6HF5O.Hf/c2*1-2-5-8-6-3-4-7-8;2*7-1-2(8)4(10)6(12)5(11)3(1)9;/h2*3,6H,2,4-5H2,1H3;2*12H;/q;;;;+2/p-2. The molecule has 220 valence electrons. The molecule has 0 N–H and O–H groups in total. The van der Waals surface area contributed by atoms with Gasteiger partial charge in [-0.15, -0.1) is 0 Å². The van der Waals surface area contributed by atoms with Crippen molar-refractivity contribution in [1.82, 2.24) is 0 Å². The zero-order chi connectivity index (χ0) is 31.0. The van der Waals surface area contributed by atoms with Gasteiger partial charge in [0.05, 0.1) is 0 Å². The van der Waals surface area contributed by atoms with Crippen LogP contribution in [0.3, 0.4) is 0 Å². The molecular weight excluding hydrogens is 737 g/mol. The molecule has 0 amide bonds. The van der Waals surface area contributed by atoms with Crippen LogP contribution in [0.15, 0.2) is 42.1 Å². The van der Waals surface area contributed by atoms with E-state index in [-0.39, 0.29) is 0 Å². The Morgan fingerprint density at radius 1 is 0.512 bits per heavy atom. The molecule has 4 rings (SSSR count). The molecule has 13 heteroatoms. The first-order valence-corrected chi connectivity index (χ1v) is 15.8. The summed E-state index contributed by atoms with van der Waals surface area (Å²) in [5.74, 6) is -27.2. The molecule has 0 heterocycles. The quantitative estimate of drug-likeness (QED) is 0.130. The van der Waals surface area contributed by atoms with E-state index in [4.69, 9.17) is 0 Å². The van der Waals surface area contributed by atoms with Crippen LogP contribution in [0.5, 0.6) is 11.5 Å². The van der Waals surface area contributed by atoms with Crippen LogP contribution >= 0.6 is 0 Å². The second kappa shape index (κ2) is 15.4. The van der Waals surface area contributed by atoms with Gasteiger partial charge in [-0.3, -0.25) is 0 Å². The van der Waals surface area contributed by atoms with Gasteiger partial charge in [0.2, 0.25) is 0 Å². The average molecular weight is 759 g/mol. The molecule has 2 nitrogen and oxygen atoms in total. The Hall–Kier alpha value is -2.83. The molecule has 2 aromatic rings. The number of benzene rings is 2. The van der Waals surface area contributed by atoms with Crippen molar-refractivity contribution in [3.8, 4) is 11.5 Å². The third-order valence-corrected chi connectivity index (χ3v) is 11.7. The summed E-state index contributed by atoms with van der Waals surface area (Å²) in [6.45, 7) is 4.59. The number of allylic oxidation sites excluding steroid dienone is 8. The minimum atomic E-state index is -2.33. The van der Waals surface area contributed by atoms with E-state index in [1.807, 2.05) is 6.66 Å². The Bertz CT molecular complexity index is 1100. The fourth-order valence-electron chi connectivity index (χ4n) is 3.72. The van der Waals surface area contributed by atoms with Crippen molar-refractivity contribution in [3.05, 3.63) is 100 Å². The fraction of sp³-hybridized carbons (Fsp3) is 0.286. The molecule has 41 heavy (non-hydrogen) atoms. The minimum Gasteiger partial charge on any atom is -0.868 e. The van der Waals surface area contributed by atoms with Crippen LogP contribution in [-0.4, -0.2) is 0 Å². The Balaban J connectivity index is 0.000000221. The summed E-state index contributed by atoms with van der Waals surface area (Å²) in [7, 11) is 0. The number of hydrogen-bond acceptors (Lipinski definition) is 2. The van der Waals surface area contributed by atoms with Crippen molar-refractivity contribution in [1.29, 1.82) is 0 Å². The topological polar surface area (TPSA) is 46.1 Å². The van der Waals surface area contributed by atoms with Crippen LogP contribution in [0.25, 0.3) is 0 Å². The maximum absolute atomic E-state index is 12.1. The first kappa shape index (κ1) is 34.4. The van der Waals surface area contributed by atoms with Gasteiger partial charge in [-0.05, 0) is 11.5 Å². The van der Waals surface area contributed by atoms with E-state index < -0.39 is 92.6 Å². The molecule has 0 unspecified atom stereocenters. The molecule has 0 atom stereocenters. The minimum absolute atomic E-state index is 0.683. The largest absolute Gasteiger partial charge is 0.868 e. The Morgan fingerprint density at radius 3 is 1.05 bits per heavy atom. The third kappa shape index (κ3) is 8.14. The first-order valence-electron chi connectivity index (χ1n) is 12.2. The summed E-state index contributed by atoms with van der Waals surface area (Å²) in [5.41, 5.74) is 3.40. The van der Waals surface area contributed by atoms with Gasteiger partial charge in [0, 0.05) is 0 Å². The van der Waals surface area contributed by atoms with Crippen LogP contribution in [0.2, 0.25) is 0 Å². The Morgan fingerprint density at radius 2 is 0.780 bits per heavy atom. The van der Waals surface area contributed by atoms with Gasteiger partial charge >= 0.3 is 117 Å². The van der Waals surface area contributed by atoms with Crippen LogP contribution < -0.4 is 10.2 Å². The van der Waals surface area contributed by atoms with E-state index in [2.05, 4.69) is 38.2 Å². The molecule has 0 saturated carbocycles. The molecule has 0 saturated heterocycles. The molecule has 2 aliphatic rings. The molecule has 0 fully saturated rings. The molecule has 0 aromatic heterocycles. The zero-order valence-corrected chi connectivity index (χ0v) is 25.2. The van der Waals surface area contributed by atoms with Crippen molar-refractivity contribution < 1.29 is 77.0 Å². The van der Waals surface area contributed by atoms with Crippen molar-refractivity contribution in [2.45, 2.75) is 52.4 Å². The van der Waals surface area contributed by atoms with Crippen LogP contribution in [0.4, 0.5) is 43.9 Å². The molecule has 0 radical (unpaired) electrons. The van der Waals surface area contributed by atoms with Crippen molar-refractivity contribution in [2.75, 3.05) is 0 Å². The van der Waals surface area contributed by atoms with Gasteiger partial charge in [-0.25, -0.2) is 43.9 Å². The Kier molecular flexibility index (Phi) is 12.9. The van der Waals surface area contributed by atoms with E-state index >= 15 is 0 Å². The van der Waals surface area contributed by atoms with Gasteiger partial charge in [0.1, 0.15) is 0 Å². The Labute approximate surface area is 240 Å². The number of halogens is 10. The van der Waals surface area contributed by atoms with Gasteiger partial charge in [0.15, 0.2) is 58.2 Å². The van der Waals surface area contributed by atoms with Crippen molar-refractivity contribution >= 4 is 0 Å². The average Bonchev–Trinajstić information content (AvgIpc) is 3.61. The summed E-state index contributed by atoms with van der Waals surface area (Å²) < 4.78 is 125. The zero-order valence-electron chi connectivity index (χ0n) is 21.6. The SMILES string of the molecule is CCCC1=[C]([Hf+2][C]2=C(CCC)C=CC2)CC=C1.[O-]c1c(F)c(F)c(F)c(F)c1F.[O-]c1c(F)c(F)c(F)c(F)c1F. The fourth-order valence-corrected chi connectivity index (χ4v) is 9.26. The second-order valence-corrected chi connectivity index (χ2v) is 13.9.